The fourth-order valence-electron chi connectivity index (χ4n) is 2.44. The number of thiazole rings is 1. The number of aromatic nitrogens is 1. The average molecular weight is 562 g/mol. The maximum atomic E-state index is 12.3. The van der Waals surface area contributed by atoms with E-state index in [0.29, 0.717) is 10.6 Å². The lowest BCUT2D eigenvalue weighted by molar-refractivity contribution is -0.192. The van der Waals surface area contributed by atoms with Crippen LogP contribution in [0.2, 0.25) is 0 Å². The van der Waals surface area contributed by atoms with Gasteiger partial charge < -0.3 is 30.7 Å². The van der Waals surface area contributed by atoms with E-state index in [4.69, 9.17) is 36.0 Å². The van der Waals surface area contributed by atoms with Gasteiger partial charge in [-0.2, -0.15) is 13.2 Å². The average Bonchev–Trinajstić information content (AvgIpc) is 3.29. The Labute approximate surface area is 215 Å². The molecule has 17 heteroatoms. The van der Waals surface area contributed by atoms with Crippen LogP contribution in [0.4, 0.5) is 13.2 Å². The standard InChI is InChI=1S/C19H20N4O7S.C2HF3O2/c20-18(21)11-1-3-12(4-2-11)30-19(29)13-10-31-14(22-13)5-6-15(24)23(9-17(27)28)8-7-16(25)26;3-2(4,5)1(6)7/h1-4,10H,5-9H2,(H3,20,21)(H,25,26)(H,27,28);(H,6,7). The molecule has 13 nitrogen and oxygen atoms in total. The zero-order valence-corrected chi connectivity index (χ0v) is 20.0. The van der Waals surface area contributed by atoms with Gasteiger partial charge in [0.15, 0.2) is 5.69 Å². The van der Waals surface area contributed by atoms with E-state index in [1.165, 1.54) is 29.6 Å². The number of hydrogen-bond acceptors (Lipinski definition) is 9. The number of ether oxygens (including phenoxy) is 1. The van der Waals surface area contributed by atoms with Crippen molar-refractivity contribution in [1.82, 2.24) is 9.88 Å². The fourth-order valence-corrected chi connectivity index (χ4v) is 3.21. The summed E-state index contributed by atoms with van der Waals surface area (Å²) < 4.78 is 36.9. The van der Waals surface area contributed by atoms with Crippen LogP contribution in [-0.2, 0) is 25.6 Å². The lowest BCUT2D eigenvalue weighted by atomic mass is 10.2. The number of carboxylic acids is 3. The molecule has 1 amide bonds. The number of nitrogens with zero attached hydrogens (tertiary/aromatic N) is 2. The van der Waals surface area contributed by atoms with Crippen LogP contribution in [0.15, 0.2) is 29.6 Å². The highest BCUT2D eigenvalue weighted by Gasteiger charge is 2.38. The molecule has 0 saturated carbocycles. The minimum absolute atomic E-state index is 0.0522. The molecule has 0 bridgehead atoms. The molecule has 0 spiro atoms. The third-order valence-electron chi connectivity index (χ3n) is 4.21. The first-order valence-electron chi connectivity index (χ1n) is 10.2. The Morgan fingerprint density at radius 3 is 2.08 bits per heavy atom. The van der Waals surface area contributed by atoms with Gasteiger partial charge in [-0.3, -0.25) is 19.8 Å². The molecule has 2 rings (SSSR count). The number of nitrogens with one attached hydrogen (secondary N) is 1. The normalized spacial score (nSPS) is 10.5. The van der Waals surface area contributed by atoms with E-state index in [1.807, 2.05) is 0 Å². The van der Waals surface area contributed by atoms with Crippen LogP contribution in [0.1, 0.15) is 33.9 Å². The van der Waals surface area contributed by atoms with E-state index in [2.05, 4.69) is 4.98 Å². The predicted octanol–water partition coefficient (Wildman–Crippen LogP) is 1.60. The van der Waals surface area contributed by atoms with Gasteiger partial charge in [-0.05, 0) is 24.3 Å². The third kappa shape index (κ3) is 11.5. The Morgan fingerprint density at radius 2 is 1.61 bits per heavy atom. The summed E-state index contributed by atoms with van der Waals surface area (Å²) in [4.78, 5) is 60.0. The maximum Gasteiger partial charge on any atom is 0.490 e. The van der Waals surface area contributed by atoms with Crippen molar-refractivity contribution in [2.24, 2.45) is 5.73 Å². The first kappa shape index (κ1) is 31.5. The minimum atomic E-state index is -5.08. The van der Waals surface area contributed by atoms with Gasteiger partial charge in [-0.15, -0.1) is 11.3 Å². The molecule has 38 heavy (non-hydrogen) atoms. The Bertz CT molecular complexity index is 1180. The van der Waals surface area contributed by atoms with Gasteiger partial charge >= 0.3 is 30.1 Å². The largest absolute Gasteiger partial charge is 0.490 e. The van der Waals surface area contributed by atoms with Crippen molar-refractivity contribution >= 4 is 47.0 Å². The molecule has 0 aliphatic heterocycles. The number of aryl methyl sites for hydroxylation is 1. The molecule has 1 heterocycles. The molecule has 2 aromatic rings. The van der Waals surface area contributed by atoms with E-state index in [9.17, 15) is 32.3 Å². The number of amidine groups is 1. The molecule has 0 fully saturated rings. The third-order valence-corrected chi connectivity index (χ3v) is 5.11. The molecule has 0 unspecified atom stereocenters. The molecule has 0 saturated heterocycles. The van der Waals surface area contributed by atoms with Crippen molar-refractivity contribution in [3.8, 4) is 5.75 Å². The van der Waals surface area contributed by atoms with Gasteiger partial charge in [0.1, 0.15) is 18.1 Å². The summed E-state index contributed by atoms with van der Waals surface area (Å²) in [5.41, 5.74) is 5.90. The Morgan fingerprint density at radius 1 is 1.03 bits per heavy atom. The number of hydrogen-bond donors (Lipinski definition) is 5. The van der Waals surface area contributed by atoms with Crippen LogP contribution in [0, 0.1) is 5.41 Å². The van der Waals surface area contributed by atoms with Crippen LogP contribution in [0.5, 0.6) is 5.75 Å². The van der Waals surface area contributed by atoms with Gasteiger partial charge in [-0.25, -0.2) is 14.6 Å². The second-order valence-electron chi connectivity index (χ2n) is 7.11. The number of rotatable bonds is 11. The number of alkyl halides is 3. The molecular weight excluding hydrogens is 541 g/mol. The van der Waals surface area contributed by atoms with Crippen molar-refractivity contribution < 1.29 is 57.2 Å². The van der Waals surface area contributed by atoms with Crippen LogP contribution in [-0.4, -0.2) is 80.1 Å². The number of amides is 1. The molecule has 206 valence electrons. The van der Waals surface area contributed by atoms with Crippen LogP contribution in [0.25, 0.3) is 0 Å². The molecule has 1 aromatic heterocycles. The number of nitrogen functional groups attached to an aromatic ring is 1. The van der Waals surface area contributed by atoms with Gasteiger partial charge in [0.2, 0.25) is 5.91 Å². The maximum absolute atomic E-state index is 12.3. The van der Waals surface area contributed by atoms with Crippen molar-refractivity contribution in [3.63, 3.8) is 0 Å². The SMILES string of the molecule is N=C(N)c1ccc(OC(=O)c2csc(CCC(=O)N(CCC(=O)O)CC(=O)O)n2)cc1.O=C(O)C(F)(F)F. The van der Waals surface area contributed by atoms with Crippen molar-refractivity contribution in [2.45, 2.75) is 25.4 Å². The monoisotopic (exact) mass is 562 g/mol. The number of carboxylic acid groups (broad SMARTS) is 3. The molecule has 6 N–H and O–H groups in total. The van der Waals surface area contributed by atoms with Gasteiger partial charge in [-0.1, -0.05) is 0 Å². The van der Waals surface area contributed by atoms with Crippen molar-refractivity contribution in [1.29, 1.82) is 5.41 Å². The zero-order chi connectivity index (χ0) is 29.0. The molecular formula is C21H21F3N4O9S. The number of esters is 1. The number of halogens is 3. The highest BCUT2D eigenvalue weighted by Crippen LogP contribution is 2.17. The van der Waals surface area contributed by atoms with Gasteiger partial charge in [0.25, 0.3) is 0 Å². The Balaban J connectivity index is 0.000000905. The zero-order valence-electron chi connectivity index (χ0n) is 19.2. The number of nitrogens with two attached hydrogens (primary N) is 1. The molecule has 0 aliphatic carbocycles. The topological polar surface area (TPSA) is 221 Å². The second kappa shape index (κ2) is 14.3. The smallest absolute Gasteiger partial charge is 0.481 e. The summed E-state index contributed by atoms with van der Waals surface area (Å²) in [5, 5.41) is 34.0. The van der Waals surface area contributed by atoms with Crippen LogP contribution in [0.3, 0.4) is 0 Å². The summed E-state index contributed by atoms with van der Waals surface area (Å²) in [6, 6.07) is 6.07. The molecule has 0 aliphatic rings. The van der Waals surface area contributed by atoms with Crippen LogP contribution >= 0.6 is 11.3 Å². The first-order chi connectivity index (χ1) is 17.6. The number of benzene rings is 1. The second-order valence-corrected chi connectivity index (χ2v) is 8.05. The summed E-state index contributed by atoms with van der Waals surface area (Å²) >= 11 is 1.14. The van der Waals surface area contributed by atoms with Crippen molar-refractivity contribution in [3.05, 3.63) is 45.9 Å². The number of carbonyl (C=O) groups is 5. The highest BCUT2D eigenvalue weighted by molar-refractivity contribution is 7.09. The predicted molar refractivity (Wildman–Crippen MR) is 123 cm³/mol. The molecule has 0 radical (unpaired) electrons. The highest BCUT2D eigenvalue weighted by atomic mass is 32.1. The Hall–Kier alpha value is -4.54. The Kier molecular flexibility index (Phi) is 11.8. The van der Waals surface area contributed by atoms with Gasteiger partial charge in [0.05, 0.1) is 11.4 Å². The van der Waals surface area contributed by atoms with Gasteiger partial charge in [0, 0.05) is 30.3 Å². The number of carbonyl (C=O) groups excluding carboxylic acids is 2. The summed E-state index contributed by atoms with van der Waals surface area (Å²) in [6.45, 7) is -0.803. The van der Waals surface area contributed by atoms with E-state index >= 15 is 0 Å². The lowest BCUT2D eigenvalue weighted by Crippen LogP contribution is -2.37. The molecule has 0 atom stereocenters. The van der Waals surface area contributed by atoms with E-state index in [0.717, 1.165) is 16.2 Å². The van der Waals surface area contributed by atoms with Crippen molar-refractivity contribution in [2.75, 3.05) is 13.1 Å². The van der Waals surface area contributed by atoms with Crippen LogP contribution < -0.4 is 10.5 Å². The summed E-state index contributed by atoms with van der Waals surface area (Å²) in [6.07, 6.45) is -5.37. The number of aliphatic carboxylic acids is 3. The quantitative estimate of drug-likeness (QED) is 0.114. The molecule has 1 aromatic carbocycles. The minimum Gasteiger partial charge on any atom is -0.481 e. The first-order valence-corrected chi connectivity index (χ1v) is 11.1. The van der Waals surface area contributed by atoms with E-state index < -0.39 is 42.5 Å². The van der Waals surface area contributed by atoms with E-state index in [-0.39, 0.29) is 43.1 Å². The lowest BCUT2D eigenvalue weighted by Gasteiger charge is -2.19. The fraction of sp³-hybridized carbons (Fsp3) is 0.286. The summed E-state index contributed by atoms with van der Waals surface area (Å²) in [7, 11) is 0. The van der Waals surface area contributed by atoms with E-state index in [1.54, 1.807) is 0 Å². The summed E-state index contributed by atoms with van der Waals surface area (Å²) in [5.74, 6) is -6.21.